The van der Waals surface area contributed by atoms with Gasteiger partial charge in [0.2, 0.25) is 5.91 Å². The van der Waals surface area contributed by atoms with Crippen molar-refractivity contribution < 1.29 is 9.53 Å². The van der Waals surface area contributed by atoms with E-state index < -0.39 is 0 Å². The first kappa shape index (κ1) is 17.0. The number of aromatic nitrogens is 2. The molecule has 5 heteroatoms. The zero-order valence-corrected chi connectivity index (χ0v) is 14.8. The Morgan fingerprint density at radius 2 is 1.88 bits per heavy atom. The summed E-state index contributed by atoms with van der Waals surface area (Å²) < 4.78 is 7.71. The van der Waals surface area contributed by atoms with Gasteiger partial charge in [0.25, 0.3) is 0 Å². The second-order valence-electron chi connectivity index (χ2n) is 6.18. The lowest BCUT2D eigenvalue weighted by molar-refractivity contribution is -0.123. The smallest absolute Gasteiger partial charge is 0.242 e. The predicted molar refractivity (Wildman–Crippen MR) is 98.9 cm³/mol. The minimum absolute atomic E-state index is 0.0479. The van der Waals surface area contributed by atoms with Crippen LogP contribution in [0.3, 0.4) is 0 Å². The monoisotopic (exact) mass is 337 g/mol. The van der Waals surface area contributed by atoms with Crippen LogP contribution >= 0.6 is 0 Å². The number of carbonyl (C=O) groups is 1. The van der Waals surface area contributed by atoms with Gasteiger partial charge in [0.05, 0.1) is 23.9 Å². The molecule has 1 heterocycles. The van der Waals surface area contributed by atoms with Crippen LogP contribution in [-0.4, -0.2) is 28.6 Å². The van der Waals surface area contributed by atoms with Gasteiger partial charge in [-0.25, -0.2) is 4.98 Å². The highest BCUT2D eigenvalue weighted by atomic mass is 16.5. The second kappa shape index (κ2) is 7.38. The van der Waals surface area contributed by atoms with Gasteiger partial charge >= 0.3 is 0 Å². The number of imidazole rings is 1. The van der Waals surface area contributed by atoms with Gasteiger partial charge in [0, 0.05) is 0 Å². The number of aryl methyl sites for hydroxylation is 2. The number of ether oxygens (including phenoxy) is 1. The summed E-state index contributed by atoms with van der Waals surface area (Å²) in [5, 5.41) is 2.93. The first-order valence-corrected chi connectivity index (χ1v) is 8.46. The Bertz CT molecular complexity index is 865. The van der Waals surface area contributed by atoms with E-state index in [0.29, 0.717) is 13.2 Å². The number of para-hydroxylation sites is 3. The van der Waals surface area contributed by atoms with Crippen LogP contribution in [0.4, 0.5) is 0 Å². The van der Waals surface area contributed by atoms with Gasteiger partial charge < -0.3 is 14.6 Å². The molecule has 0 saturated carbocycles. The first-order chi connectivity index (χ1) is 12.1. The molecule has 3 aromatic rings. The van der Waals surface area contributed by atoms with E-state index in [1.807, 2.05) is 67.8 Å². The topological polar surface area (TPSA) is 56.1 Å². The molecule has 130 valence electrons. The molecule has 0 aliphatic heterocycles. The Balaban J connectivity index is 1.56. The van der Waals surface area contributed by atoms with Gasteiger partial charge in [-0.15, -0.1) is 0 Å². The van der Waals surface area contributed by atoms with Gasteiger partial charge in [-0.2, -0.15) is 0 Å². The summed E-state index contributed by atoms with van der Waals surface area (Å²) >= 11 is 0. The van der Waals surface area contributed by atoms with E-state index in [9.17, 15) is 4.79 Å². The molecular weight excluding hydrogens is 314 g/mol. The van der Waals surface area contributed by atoms with Gasteiger partial charge in [0.1, 0.15) is 18.4 Å². The number of hydrogen-bond donors (Lipinski definition) is 1. The Kier molecular flexibility index (Phi) is 5.03. The summed E-state index contributed by atoms with van der Waals surface area (Å²) in [6.45, 7) is 6.81. The molecule has 5 nitrogen and oxygen atoms in total. The molecular formula is C20H23N3O2. The molecule has 1 N–H and O–H groups in total. The van der Waals surface area contributed by atoms with Crippen LogP contribution in [0.5, 0.6) is 5.75 Å². The lowest BCUT2D eigenvalue weighted by Crippen LogP contribution is -2.33. The minimum Gasteiger partial charge on any atom is -0.491 e. The highest BCUT2D eigenvalue weighted by molar-refractivity contribution is 5.83. The predicted octanol–water partition coefficient (Wildman–Crippen LogP) is 3.41. The maximum absolute atomic E-state index is 12.4. The Labute approximate surface area is 147 Å². The molecule has 0 saturated heterocycles. The maximum atomic E-state index is 12.4. The largest absolute Gasteiger partial charge is 0.491 e. The van der Waals surface area contributed by atoms with Crippen LogP contribution in [0.1, 0.15) is 24.1 Å². The van der Waals surface area contributed by atoms with E-state index in [-0.39, 0.29) is 11.9 Å². The van der Waals surface area contributed by atoms with Crippen LogP contribution < -0.4 is 10.1 Å². The number of carbonyl (C=O) groups excluding carboxylic acids is 1. The van der Waals surface area contributed by atoms with Crippen molar-refractivity contribution in [1.29, 1.82) is 0 Å². The molecule has 25 heavy (non-hydrogen) atoms. The molecule has 0 fully saturated rings. The number of amides is 1. The summed E-state index contributed by atoms with van der Waals surface area (Å²) in [7, 11) is 0. The van der Waals surface area contributed by atoms with E-state index in [2.05, 4.69) is 10.3 Å². The van der Waals surface area contributed by atoms with E-state index in [1.54, 1.807) is 6.33 Å². The standard InChI is InChI=1S/C20H23N3O2/c1-14-7-6-8-15(2)19(14)25-12-11-21-20(24)16(3)23-13-22-17-9-4-5-10-18(17)23/h4-10,13,16H,11-12H2,1-3H3,(H,21,24). The van der Waals surface area contributed by atoms with E-state index in [1.165, 1.54) is 0 Å². The number of fused-ring (bicyclic) bond motifs is 1. The summed E-state index contributed by atoms with van der Waals surface area (Å²) in [5.41, 5.74) is 4.05. The maximum Gasteiger partial charge on any atom is 0.242 e. The zero-order valence-electron chi connectivity index (χ0n) is 14.8. The molecule has 3 rings (SSSR count). The van der Waals surface area contributed by atoms with Crippen LogP contribution in [0.25, 0.3) is 11.0 Å². The number of nitrogens with one attached hydrogen (secondary N) is 1. The molecule has 1 atom stereocenters. The fourth-order valence-corrected chi connectivity index (χ4v) is 2.92. The van der Waals surface area contributed by atoms with Crippen LogP contribution in [0, 0.1) is 13.8 Å². The average molecular weight is 337 g/mol. The van der Waals surface area contributed by atoms with Gasteiger partial charge in [-0.05, 0) is 44.0 Å². The molecule has 0 aliphatic carbocycles. The van der Waals surface area contributed by atoms with E-state index >= 15 is 0 Å². The Morgan fingerprint density at radius 1 is 1.16 bits per heavy atom. The highest BCUT2D eigenvalue weighted by Gasteiger charge is 2.16. The van der Waals surface area contributed by atoms with Crippen LogP contribution in [-0.2, 0) is 4.79 Å². The third-order valence-electron chi connectivity index (χ3n) is 4.33. The number of benzene rings is 2. The normalized spacial score (nSPS) is 12.1. The van der Waals surface area contributed by atoms with Crippen molar-refractivity contribution in [3.05, 3.63) is 59.9 Å². The van der Waals surface area contributed by atoms with Crippen molar-refractivity contribution in [2.45, 2.75) is 26.8 Å². The average Bonchev–Trinajstić information content (AvgIpc) is 3.04. The number of nitrogens with zero attached hydrogens (tertiary/aromatic N) is 2. The summed E-state index contributed by atoms with van der Waals surface area (Å²) in [5.74, 6) is 0.846. The van der Waals surface area contributed by atoms with Crippen molar-refractivity contribution in [3.63, 3.8) is 0 Å². The van der Waals surface area contributed by atoms with Crippen LogP contribution in [0.15, 0.2) is 48.8 Å². The molecule has 0 bridgehead atoms. The van der Waals surface area contributed by atoms with E-state index in [4.69, 9.17) is 4.74 Å². The van der Waals surface area contributed by atoms with Gasteiger partial charge in [0.15, 0.2) is 0 Å². The van der Waals surface area contributed by atoms with Gasteiger partial charge in [-0.1, -0.05) is 30.3 Å². The minimum atomic E-state index is -0.326. The van der Waals surface area contributed by atoms with Crippen molar-refractivity contribution in [1.82, 2.24) is 14.9 Å². The molecule has 2 aromatic carbocycles. The van der Waals surface area contributed by atoms with E-state index in [0.717, 1.165) is 27.9 Å². The van der Waals surface area contributed by atoms with Crippen molar-refractivity contribution in [2.75, 3.05) is 13.2 Å². The third kappa shape index (κ3) is 3.65. The molecule has 1 unspecified atom stereocenters. The fourth-order valence-electron chi connectivity index (χ4n) is 2.92. The summed E-state index contributed by atoms with van der Waals surface area (Å²) in [6, 6.07) is 13.5. The van der Waals surface area contributed by atoms with Crippen molar-refractivity contribution in [2.24, 2.45) is 0 Å². The molecule has 0 aliphatic rings. The lowest BCUT2D eigenvalue weighted by Gasteiger charge is -2.16. The molecule has 0 spiro atoms. The molecule has 1 amide bonds. The number of rotatable bonds is 6. The SMILES string of the molecule is Cc1cccc(C)c1OCCNC(=O)C(C)n1cnc2ccccc21. The quantitative estimate of drug-likeness (QED) is 0.701. The highest BCUT2D eigenvalue weighted by Crippen LogP contribution is 2.22. The summed E-state index contributed by atoms with van der Waals surface area (Å²) in [6.07, 6.45) is 1.71. The fraction of sp³-hybridized carbons (Fsp3) is 0.300. The lowest BCUT2D eigenvalue weighted by atomic mass is 10.1. The first-order valence-electron chi connectivity index (χ1n) is 8.46. The molecule has 1 aromatic heterocycles. The molecule has 0 radical (unpaired) electrons. The zero-order chi connectivity index (χ0) is 17.8. The number of hydrogen-bond acceptors (Lipinski definition) is 3. The van der Waals surface area contributed by atoms with Crippen molar-refractivity contribution >= 4 is 16.9 Å². The Morgan fingerprint density at radius 3 is 2.64 bits per heavy atom. The van der Waals surface area contributed by atoms with Crippen molar-refractivity contribution in [3.8, 4) is 5.75 Å². The third-order valence-corrected chi connectivity index (χ3v) is 4.33. The Hall–Kier alpha value is -2.82. The second-order valence-corrected chi connectivity index (χ2v) is 6.18. The van der Waals surface area contributed by atoms with Crippen LogP contribution in [0.2, 0.25) is 0 Å². The summed E-state index contributed by atoms with van der Waals surface area (Å²) in [4.78, 5) is 16.8. The van der Waals surface area contributed by atoms with Gasteiger partial charge in [-0.3, -0.25) is 4.79 Å².